The molecule has 4 rings (SSSR count). The fourth-order valence-electron chi connectivity index (χ4n) is 3.74. The third kappa shape index (κ3) is 2.52. The quantitative estimate of drug-likeness (QED) is 0.534. The van der Waals surface area contributed by atoms with E-state index < -0.39 is 17.3 Å². The van der Waals surface area contributed by atoms with Crippen molar-refractivity contribution in [3.63, 3.8) is 0 Å². The maximum atomic E-state index is 13.3. The van der Waals surface area contributed by atoms with Crippen LogP contribution in [0, 0.1) is 20.8 Å². The minimum Gasteiger partial charge on any atom is -0.298 e. The first-order valence-corrected chi connectivity index (χ1v) is 9.44. The normalized spacial score (nSPS) is 12.8. The summed E-state index contributed by atoms with van der Waals surface area (Å²) in [7, 11) is 1.57. The molecule has 0 spiro atoms. The minimum absolute atomic E-state index is 0.255. The highest BCUT2D eigenvalue weighted by atomic mass is 16.2. The number of rotatable bonds is 3. The Morgan fingerprint density at radius 2 is 1.66 bits per heavy atom. The fourth-order valence-corrected chi connectivity index (χ4v) is 3.74. The van der Waals surface area contributed by atoms with Crippen molar-refractivity contribution in [1.82, 2.24) is 23.1 Å². The van der Waals surface area contributed by atoms with Crippen LogP contribution in [0.4, 0.5) is 0 Å². The van der Waals surface area contributed by atoms with Gasteiger partial charge in [-0.2, -0.15) is 4.98 Å². The molecule has 1 unspecified atom stereocenters. The molecular formula is C21H23N5O3. The topological polar surface area (TPSA) is 83.3 Å². The Hall–Kier alpha value is -3.42. The molecule has 29 heavy (non-hydrogen) atoms. The van der Waals surface area contributed by atoms with Gasteiger partial charge in [-0.3, -0.25) is 23.1 Å². The van der Waals surface area contributed by atoms with Gasteiger partial charge in [0.15, 0.2) is 16.9 Å². The molecule has 150 valence electrons. The first-order valence-electron chi connectivity index (χ1n) is 9.44. The molecule has 3 aromatic heterocycles. The largest absolute Gasteiger partial charge is 0.333 e. The molecule has 0 fully saturated rings. The number of carbonyl (C=O) groups is 1. The Kier molecular flexibility index (Phi) is 4.11. The van der Waals surface area contributed by atoms with E-state index in [1.165, 1.54) is 11.5 Å². The molecular weight excluding hydrogens is 370 g/mol. The number of nitrogens with zero attached hydrogens (tertiary/aromatic N) is 5. The van der Waals surface area contributed by atoms with Gasteiger partial charge < -0.3 is 0 Å². The van der Waals surface area contributed by atoms with E-state index >= 15 is 0 Å². The molecule has 0 aliphatic heterocycles. The number of ketones is 1. The predicted molar refractivity (Wildman–Crippen MR) is 111 cm³/mol. The molecule has 0 saturated carbocycles. The van der Waals surface area contributed by atoms with E-state index in [2.05, 4.69) is 4.98 Å². The van der Waals surface area contributed by atoms with Gasteiger partial charge in [0, 0.05) is 24.1 Å². The van der Waals surface area contributed by atoms with Crippen molar-refractivity contribution < 1.29 is 4.79 Å². The van der Waals surface area contributed by atoms with E-state index in [4.69, 9.17) is 0 Å². The Balaban J connectivity index is 2.19. The van der Waals surface area contributed by atoms with E-state index in [0.717, 1.165) is 27.2 Å². The highest BCUT2D eigenvalue weighted by molar-refractivity contribution is 5.81. The van der Waals surface area contributed by atoms with Crippen LogP contribution in [0.5, 0.6) is 0 Å². The average Bonchev–Trinajstić information content (AvgIpc) is 3.17. The lowest BCUT2D eigenvalue weighted by Crippen LogP contribution is -2.42. The van der Waals surface area contributed by atoms with Gasteiger partial charge in [-0.25, -0.2) is 9.36 Å². The Bertz CT molecular complexity index is 1410. The van der Waals surface area contributed by atoms with Crippen LogP contribution in [0.3, 0.4) is 0 Å². The van der Waals surface area contributed by atoms with E-state index in [-0.39, 0.29) is 5.78 Å². The Morgan fingerprint density at radius 1 is 1.03 bits per heavy atom. The van der Waals surface area contributed by atoms with Gasteiger partial charge in [0.1, 0.15) is 0 Å². The number of Topliss-reactive ketones (excluding diaryl/α,β-unsaturated/α-hetero) is 1. The maximum Gasteiger partial charge on any atom is 0.333 e. The molecule has 8 nitrogen and oxygen atoms in total. The first kappa shape index (κ1) is 18.9. The van der Waals surface area contributed by atoms with Crippen molar-refractivity contribution in [2.75, 3.05) is 0 Å². The molecule has 1 atom stereocenters. The second kappa shape index (κ2) is 6.30. The van der Waals surface area contributed by atoms with Crippen molar-refractivity contribution in [2.24, 2.45) is 7.05 Å². The molecule has 0 aliphatic carbocycles. The van der Waals surface area contributed by atoms with Gasteiger partial charge >= 0.3 is 5.69 Å². The number of benzene rings is 1. The highest BCUT2D eigenvalue weighted by Crippen LogP contribution is 2.24. The van der Waals surface area contributed by atoms with Crippen molar-refractivity contribution >= 4 is 22.7 Å². The second-order valence-corrected chi connectivity index (χ2v) is 7.56. The molecule has 4 aromatic rings. The van der Waals surface area contributed by atoms with Crippen LogP contribution in [0.15, 0.2) is 33.9 Å². The molecule has 0 radical (unpaired) electrons. The van der Waals surface area contributed by atoms with Gasteiger partial charge in [0.25, 0.3) is 5.56 Å². The van der Waals surface area contributed by atoms with Crippen molar-refractivity contribution in [3.8, 4) is 5.69 Å². The number of aryl methyl sites for hydroxylation is 3. The smallest absolute Gasteiger partial charge is 0.298 e. The Labute approximate surface area is 166 Å². The van der Waals surface area contributed by atoms with Crippen molar-refractivity contribution in [3.05, 3.63) is 62.1 Å². The standard InChI is InChI=1S/C21H23N5O3/c1-11-7-9-16(10-8-11)24-12(2)13(3)25-17-18(22-20(24)25)23(6)21(29)26(19(17)28)14(4)15(5)27/h7-10,14H,1-6H3. The van der Waals surface area contributed by atoms with Crippen LogP contribution < -0.4 is 11.2 Å². The lowest BCUT2D eigenvalue weighted by molar-refractivity contribution is -0.119. The van der Waals surface area contributed by atoms with Gasteiger partial charge in [0.2, 0.25) is 5.78 Å². The van der Waals surface area contributed by atoms with Gasteiger partial charge in [-0.15, -0.1) is 0 Å². The summed E-state index contributed by atoms with van der Waals surface area (Å²) in [5.74, 6) is 0.300. The summed E-state index contributed by atoms with van der Waals surface area (Å²) in [5, 5.41) is 0. The summed E-state index contributed by atoms with van der Waals surface area (Å²) in [6.45, 7) is 8.83. The Morgan fingerprint density at radius 3 is 2.24 bits per heavy atom. The highest BCUT2D eigenvalue weighted by Gasteiger charge is 2.25. The zero-order valence-electron chi connectivity index (χ0n) is 17.3. The van der Waals surface area contributed by atoms with Crippen LogP contribution in [0.1, 0.15) is 36.8 Å². The van der Waals surface area contributed by atoms with Crippen LogP contribution in [0.2, 0.25) is 0 Å². The molecule has 8 heteroatoms. The third-order valence-corrected chi connectivity index (χ3v) is 5.74. The summed E-state index contributed by atoms with van der Waals surface area (Å²) in [6.07, 6.45) is 0. The summed E-state index contributed by atoms with van der Waals surface area (Å²) in [4.78, 5) is 42.7. The number of hydrogen-bond acceptors (Lipinski definition) is 4. The first-order chi connectivity index (χ1) is 13.6. The molecule has 0 N–H and O–H groups in total. The molecule has 0 saturated heterocycles. The number of hydrogen-bond donors (Lipinski definition) is 0. The van der Waals surface area contributed by atoms with Gasteiger partial charge in [0.05, 0.1) is 6.04 Å². The van der Waals surface area contributed by atoms with Gasteiger partial charge in [-0.1, -0.05) is 17.7 Å². The van der Waals surface area contributed by atoms with Crippen LogP contribution in [-0.2, 0) is 11.8 Å². The SMILES string of the molecule is CC(=O)C(C)n1c(=O)c2c(nc3n(-c4ccc(C)cc4)c(C)c(C)n23)n(C)c1=O. The van der Waals surface area contributed by atoms with E-state index in [9.17, 15) is 14.4 Å². The zero-order chi connectivity index (χ0) is 21.2. The summed E-state index contributed by atoms with van der Waals surface area (Å²) < 4.78 is 6.08. The molecule has 1 aromatic carbocycles. The zero-order valence-corrected chi connectivity index (χ0v) is 17.3. The molecule has 0 amide bonds. The van der Waals surface area contributed by atoms with Crippen molar-refractivity contribution in [1.29, 1.82) is 0 Å². The molecule has 0 bridgehead atoms. The minimum atomic E-state index is -0.850. The average molecular weight is 393 g/mol. The lowest BCUT2D eigenvalue weighted by Gasteiger charge is -2.12. The molecule has 0 aliphatic rings. The van der Waals surface area contributed by atoms with E-state index in [0.29, 0.717) is 16.9 Å². The third-order valence-electron chi connectivity index (χ3n) is 5.74. The second-order valence-electron chi connectivity index (χ2n) is 7.56. The van der Waals surface area contributed by atoms with Crippen LogP contribution in [0.25, 0.3) is 22.6 Å². The number of fused-ring (bicyclic) bond motifs is 3. The number of imidazole rings is 2. The maximum absolute atomic E-state index is 13.3. The predicted octanol–water partition coefficient (Wildman–Crippen LogP) is 2.21. The summed E-state index contributed by atoms with van der Waals surface area (Å²) in [5.41, 5.74) is 3.38. The van der Waals surface area contributed by atoms with Gasteiger partial charge in [-0.05, 0) is 46.8 Å². The number of carbonyl (C=O) groups excluding carboxylic acids is 1. The van der Waals surface area contributed by atoms with Crippen molar-refractivity contribution in [2.45, 2.75) is 40.7 Å². The van der Waals surface area contributed by atoms with Crippen LogP contribution in [-0.4, -0.2) is 28.9 Å². The molecule has 3 heterocycles. The fraction of sp³-hybridized carbons (Fsp3) is 0.333. The summed E-state index contributed by atoms with van der Waals surface area (Å²) in [6, 6.07) is 7.17. The van der Waals surface area contributed by atoms with E-state index in [1.54, 1.807) is 18.4 Å². The van der Waals surface area contributed by atoms with E-state index in [1.807, 2.05) is 49.6 Å². The monoisotopic (exact) mass is 393 g/mol. The lowest BCUT2D eigenvalue weighted by atomic mass is 10.2. The number of aromatic nitrogens is 5. The van der Waals surface area contributed by atoms with Crippen LogP contribution >= 0.6 is 0 Å². The summed E-state index contributed by atoms with van der Waals surface area (Å²) >= 11 is 0.